The quantitative estimate of drug-likeness (QED) is 0.199. The Morgan fingerprint density at radius 3 is 1.96 bits per heavy atom. The molecule has 0 aliphatic rings. The fourth-order valence-corrected chi connectivity index (χ4v) is 6.32. The molecule has 2 aromatic heterocycles. The van der Waals surface area contributed by atoms with Crippen molar-refractivity contribution in [3.8, 4) is 45.2 Å². The fraction of sp³-hybridized carbons (Fsp3) is 0.304. The van der Waals surface area contributed by atoms with E-state index in [1.54, 1.807) is 12.1 Å². The molecule has 0 aliphatic carbocycles. The molecule has 0 radical (unpaired) electrons. The average molecular weight is 665 g/mol. The maximum Gasteiger partial charge on any atom is 0.149 e. The van der Waals surface area contributed by atoms with E-state index in [4.69, 9.17) is 14.1 Å². The van der Waals surface area contributed by atoms with Crippen molar-refractivity contribution in [1.82, 2.24) is 14.5 Å². The van der Waals surface area contributed by atoms with E-state index in [0.717, 1.165) is 55.8 Å². The monoisotopic (exact) mass is 664 g/mol. The van der Waals surface area contributed by atoms with Gasteiger partial charge in [-0.25, -0.2) is 4.98 Å². The summed E-state index contributed by atoms with van der Waals surface area (Å²) in [4.78, 5) is 10.1. The van der Waals surface area contributed by atoms with Gasteiger partial charge in [-0.1, -0.05) is 105 Å². The molecule has 4 nitrogen and oxygen atoms in total. The molecule has 0 fully saturated rings. The van der Waals surface area contributed by atoms with Crippen LogP contribution in [0.2, 0.25) is 0 Å². The van der Waals surface area contributed by atoms with E-state index in [1.807, 2.05) is 19.2 Å². The van der Waals surface area contributed by atoms with Gasteiger partial charge >= 0.3 is 0 Å². The standard InChI is InChI=1S/C46H51N3O/c1-28(2)30-18-19-47-39(24-30)32-21-31(22-33(23-32)44(4,5)6)37-14-13-15-40-42(37)48-43(38-17-16-29(3)20-41(38)50)49(40)36-26-34(45(7,8)9)25-35(27-36)46(10,11)12/h13-27,50H,1H2,2-12H3/i3D3. The maximum absolute atomic E-state index is 11.5. The minimum absolute atomic E-state index is 0.0719. The Hall–Kier alpha value is -4.96. The molecule has 0 spiro atoms. The molecule has 0 unspecified atom stereocenters. The van der Waals surface area contributed by atoms with Gasteiger partial charge < -0.3 is 5.11 Å². The van der Waals surface area contributed by atoms with Gasteiger partial charge in [0.05, 0.1) is 22.3 Å². The topological polar surface area (TPSA) is 50.9 Å². The molecule has 0 amide bonds. The summed E-state index contributed by atoms with van der Waals surface area (Å²) >= 11 is 0. The molecule has 6 rings (SSSR count). The number of aromatic nitrogens is 3. The fourth-order valence-electron chi connectivity index (χ4n) is 6.32. The zero-order valence-corrected chi connectivity index (χ0v) is 31.2. The SMILES string of the molecule is [2H]C([2H])([2H])c1ccc(-c2nc3c(-c4cc(-c5cc(C(=C)C)ccn5)cc(C(C)(C)C)c4)cccc3n2-c2cc(C(C)(C)C)cc(C(C)(C)C)c2)c(O)c1. The first-order valence-electron chi connectivity index (χ1n) is 18.8. The third-order valence-electron chi connectivity index (χ3n) is 9.49. The number of aryl methyl sites for hydroxylation is 1. The first-order valence-corrected chi connectivity index (χ1v) is 17.3. The molecule has 4 aromatic carbocycles. The molecule has 256 valence electrons. The van der Waals surface area contributed by atoms with Gasteiger partial charge in [0.15, 0.2) is 0 Å². The molecule has 6 aromatic rings. The van der Waals surface area contributed by atoms with E-state index in [9.17, 15) is 5.11 Å². The first-order chi connectivity index (χ1) is 24.5. The van der Waals surface area contributed by atoms with Gasteiger partial charge in [0.25, 0.3) is 0 Å². The predicted octanol–water partition coefficient (Wildman–Crippen LogP) is 12.4. The Morgan fingerprint density at radius 2 is 1.36 bits per heavy atom. The van der Waals surface area contributed by atoms with Crippen molar-refractivity contribution in [1.29, 1.82) is 0 Å². The number of nitrogens with zero attached hydrogens (tertiary/aromatic N) is 3. The van der Waals surface area contributed by atoms with Gasteiger partial charge in [0.2, 0.25) is 0 Å². The Kier molecular flexibility index (Phi) is 7.71. The van der Waals surface area contributed by atoms with E-state index in [-0.39, 0.29) is 27.6 Å². The summed E-state index contributed by atoms with van der Waals surface area (Å²) in [6.45, 7) is 23.7. The van der Waals surface area contributed by atoms with Crippen molar-refractivity contribution in [3.05, 3.63) is 126 Å². The second-order valence-corrected chi connectivity index (χ2v) is 16.7. The maximum atomic E-state index is 11.5. The van der Waals surface area contributed by atoms with Crippen LogP contribution < -0.4 is 0 Å². The largest absolute Gasteiger partial charge is 0.507 e. The molecule has 50 heavy (non-hydrogen) atoms. The minimum atomic E-state index is -2.36. The van der Waals surface area contributed by atoms with E-state index in [2.05, 4.69) is 134 Å². The molecule has 0 saturated carbocycles. The van der Waals surface area contributed by atoms with E-state index < -0.39 is 6.85 Å². The van der Waals surface area contributed by atoms with Crippen LogP contribution in [0, 0.1) is 6.85 Å². The van der Waals surface area contributed by atoms with Crippen molar-refractivity contribution in [2.45, 2.75) is 92.3 Å². The molecule has 1 N–H and O–H groups in total. The lowest BCUT2D eigenvalue weighted by molar-refractivity contribution is 0.476. The highest BCUT2D eigenvalue weighted by Crippen LogP contribution is 2.41. The smallest absolute Gasteiger partial charge is 0.149 e. The number of para-hydroxylation sites is 1. The third kappa shape index (κ3) is 6.76. The van der Waals surface area contributed by atoms with Crippen molar-refractivity contribution in [2.24, 2.45) is 0 Å². The summed E-state index contributed by atoms with van der Waals surface area (Å²) in [5.74, 6) is 0.385. The third-order valence-corrected chi connectivity index (χ3v) is 9.49. The second kappa shape index (κ2) is 12.4. The molecule has 4 heteroatoms. The highest BCUT2D eigenvalue weighted by atomic mass is 16.3. The number of rotatable bonds is 5. The lowest BCUT2D eigenvalue weighted by Crippen LogP contribution is -2.17. The lowest BCUT2D eigenvalue weighted by Gasteiger charge is -2.27. The van der Waals surface area contributed by atoms with Crippen LogP contribution in [0.5, 0.6) is 5.75 Å². The Balaban J connectivity index is 1.70. The lowest BCUT2D eigenvalue weighted by atomic mass is 9.80. The van der Waals surface area contributed by atoms with E-state index in [0.29, 0.717) is 11.4 Å². The van der Waals surface area contributed by atoms with Crippen LogP contribution in [-0.4, -0.2) is 19.6 Å². The second-order valence-electron chi connectivity index (χ2n) is 16.7. The number of phenolic OH excluding ortho intramolecular Hbond substituents is 1. The highest BCUT2D eigenvalue weighted by molar-refractivity contribution is 5.97. The van der Waals surface area contributed by atoms with Gasteiger partial charge in [-0.2, -0.15) is 0 Å². The Bertz CT molecular complexity index is 2350. The summed E-state index contributed by atoms with van der Waals surface area (Å²) < 4.78 is 26.0. The Labute approximate surface area is 302 Å². The van der Waals surface area contributed by atoms with Crippen LogP contribution in [-0.2, 0) is 16.2 Å². The number of aromatic hydroxyl groups is 1. The number of imidazole rings is 1. The van der Waals surface area contributed by atoms with E-state index in [1.165, 1.54) is 17.2 Å². The zero-order valence-electron chi connectivity index (χ0n) is 34.2. The van der Waals surface area contributed by atoms with Crippen LogP contribution in [0.15, 0.2) is 97.7 Å². The number of benzene rings is 4. The van der Waals surface area contributed by atoms with Gasteiger partial charge in [-0.15, -0.1) is 0 Å². The van der Waals surface area contributed by atoms with Crippen LogP contribution in [0.4, 0.5) is 0 Å². The summed E-state index contributed by atoms with van der Waals surface area (Å²) in [7, 11) is 0. The average Bonchev–Trinajstić information content (AvgIpc) is 3.46. The van der Waals surface area contributed by atoms with Gasteiger partial charge in [0, 0.05) is 27.1 Å². The van der Waals surface area contributed by atoms with Crippen molar-refractivity contribution in [3.63, 3.8) is 0 Å². The summed E-state index contributed by atoms with van der Waals surface area (Å²) in [6, 6.07) is 28.2. The van der Waals surface area contributed by atoms with E-state index >= 15 is 0 Å². The number of fused-ring (bicyclic) bond motifs is 1. The number of hydrogen-bond acceptors (Lipinski definition) is 3. The predicted molar refractivity (Wildman–Crippen MR) is 212 cm³/mol. The summed E-state index contributed by atoms with van der Waals surface area (Å²) in [6.07, 6.45) is 1.83. The highest BCUT2D eigenvalue weighted by Gasteiger charge is 2.25. The molecule has 0 saturated heterocycles. The number of allylic oxidation sites excluding steroid dienone is 1. The number of phenols is 1. The van der Waals surface area contributed by atoms with Crippen molar-refractivity contribution in [2.75, 3.05) is 0 Å². The van der Waals surface area contributed by atoms with Gasteiger partial charge in [-0.05, 0) is 118 Å². The molecule has 2 heterocycles. The van der Waals surface area contributed by atoms with Crippen LogP contribution in [0.1, 0.15) is 101 Å². The first kappa shape index (κ1) is 31.1. The molecule has 0 aliphatic heterocycles. The van der Waals surface area contributed by atoms with Crippen molar-refractivity contribution >= 4 is 16.6 Å². The van der Waals surface area contributed by atoms with Crippen LogP contribution in [0.3, 0.4) is 0 Å². The van der Waals surface area contributed by atoms with Gasteiger partial charge in [0.1, 0.15) is 11.6 Å². The van der Waals surface area contributed by atoms with Gasteiger partial charge in [-0.3, -0.25) is 9.55 Å². The molecular formula is C46H51N3O. The van der Waals surface area contributed by atoms with Crippen molar-refractivity contribution < 1.29 is 9.22 Å². The molecule has 0 atom stereocenters. The van der Waals surface area contributed by atoms with Crippen LogP contribution >= 0.6 is 0 Å². The molecular weight excluding hydrogens is 611 g/mol. The number of hydrogen-bond donors (Lipinski definition) is 1. The molecule has 0 bridgehead atoms. The number of pyridine rings is 1. The summed E-state index contributed by atoms with van der Waals surface area (Å²) in [5, 5.41) is 11.5. The summed E-state index contributed by atoms with van der Waals surface area (Å²) in [5.41, 5.74) is 12.0. The normalized spacial score (nSPS) is 13.6. The van der Waals surface area contributed by atoms with Crippen LogP contribution in [0.25, 0.3) is 56.1 Å². The minimum Gasteiger partial charge on any atom is -0.507 e. The Morgan fingerprint density at radius 1 is 0.720 bits per heavy atom. The zero-order chi connectivity index (χ0) is 38.8.